The second-order valence-corrected chi connectivity index (χ2v) is 7.01. The molecule has 1 N–H and O–H groups in total. The SMILES string of the molecule is CC[C@H](Oc1cccc(Cl)c1)C(=O)N[C@H](CC(C)C)c1ccccc1. The molecule has 0 saturated heterocycles. The molecule has 0 aliphatic carbocycles. The molecular weight excluding hydrogens is 334 g/mol. The van der Waals surface area contributed by atoms with Crippen LogP contribution in [0.1, 0.15) is 45.2 Å². The number of hydrogen-bond donors (Lipinski definition) is 1. The Bertz CT molecular complexity index is 673. The lowest BCUT2D eigenvalue weighted by Crippen LogP contribution is -2.40. The van der Waals surface area contributed by atoms with Crippen LogP contribution in [-0.2, 0) is 4.79 Å². The van der Waals surface area contributed by atoms with E-state index >= 15 is 0 Å². The van der Waals surface area contributed by atoms with Gasteiger partial charge in [0.15, 0.2) is 6.10 Å². The van der Waals surface area contributed by atoms with Crippen molar-refractivity contribution in [2.45, 2.75) is 45.8 Å². The van der Waals surface area contributed by atoms with Crippen molar-refractivity contribution in [3.05, 3.63) is 65.2 Å². The van der Waals surface area contributed by atoms with Gasteiger partial charge in [-0.1, -0.05) is 68.8 Å². The smallest absolute Gasteiger partial charge is 0.261 e. The van der Waals surface area contributed by atoms with Gasteiger partial charge in [0, 0.05) is 5.02 Å². The molecule has 2 rings (SSSR count). The average molecular weight is 360 g/mol. The number of amides is 1. The van der Waals surface area contributed by atoms with Gasteiger partial charge in [0.2, 0.25) is 0 Å². The number of nitrogens with one attached hydrogen (secondary N) is 1. The Morgan fingerprint density at radius 1 is 1.12 bits per heavy atom. The van der Waals surface area contributed by atoms with Gasteiger partial charge in [0.25, 0.3) is 5.91 Å². The standard InChI is InChI=1S/C21H26ClNO2/c1-4-20(25-18-12-8-11-17(22)14-18)21(24)23-19(13-15(2)3)16-9-6-5-7-10-16/h5-12,14-15,19-20H,4,13H2,1-3H3,(H,23,24)/t19-,20+/m1/s1. The van der Waals surface area contributed by atoms with Crippen LogP contribution in [0, 0.1) is 5.92 Å². The molecule has 0 fully saturated rings. The van der Waals surface area contributed by atoms with Gasteiger partial charge in [0.05, 0.1) is 6.04 Å². The molecule has 0 spiro atoms. The Kier molecular flexibility index (Phi) is 7.32. The van der Waals surface area contributed by atoms with E-state index in [1.54, 1.807) is 12.1 Å². The van der Waals surface area contributed by atoms with Crippen molar-refractivity contribution < 1.29 is 9.53 Å². The van der Waals surface area contributed by atoms with E-state index in [0.29, 0.717) is 23.1 Å². The number of hydrogen-bond acceptors (Lipinski definition) is 2. The number of carbonyl (C=O) groups is 1. The highest BCUT2D eigenvalue weighted by Crippen LogP contribution is 2.23. The third-order valence-electron chi connectivity index (χ3n) is 3.96. The third-order valence-corrected chi connectivity index (χ3v) is 4.20. The molecule has 2 atom stereocenters. The lowest BCUT2D eigenvalue weighted by atomic mass is 9.96. The maximum absolute atomic E-state index is 12.8. The summed E-state index contributed by atoms with van der Waals surface area (Å²) in [6, 6.07) is 17.2. The van der Waals surface area contributed by atoms with Crippen molar-refractivity contribution in [1.82, 2.24) is 5.32 Å². The van der Waals surface area contributed by atoms with E-state index in [4.69, 9.17) is 16.3 Å². The van der Waals surface area contributed by atoms with E-state index in [9.17, 15) is 4.79 Å². The average Bonchev–Trinajstić information content (AvgIpc) is 2.59. The highest BCUT2D eigenvalue weighted by Gasteiger charge is 2.23. The molecule has 25 heavy (non-hydrogen) atoms. The van der Waals surface area contributed by atoms with Crippen LogP contribution in [0.2, 0.25) is 5.02 Å². The summed E-state index contributed by atoms with van der Waals surface area (Å²) < 4.78 is 5.85. The highest BCUT2D eigenvalue weighted by molar-refractivity contribution is 6.30. The quantitative estimate of drug-likeness (QED) is 0.685. The van der Waals surface area contributed by atoms with Crippen molar-refractivity contribution in [1.29, 1.82) is 0 Å². The Labute approximate surface area is 155 Å². The van der Waals surface area contributed by atoms with Crippen LogP contribution >= 0.6 is 11.6 Å². The Hall–Kier alpha value is -2.00. The van der Waals surface area contributed by atoms with Gasteiger partial charge in [-0.05, 0) is 42.5 Å². The van der Waals surface area contributed by atoms with Gasteiger partial charge < -0.3 is 10.1 Å². The predicted octanol–water partition coefficient (Wildman–Crippen LogP) is 5.40. The lowest BCUT2D eigenvalue weighted by molar-refractivity contribution is -0.129. The van der Waals surface area contributed by atoms with Gasteiger partial charge in [-0.25, -0.2) is 0 Å². The molecule has 3 nitrogen and oxygen atoms in total. The van der Waals surface area contributed by atoms with Gasteiger partial charge in [-0.15, -0.1) is 0 Å². The Balaban J connectivity index is 2.09. The van der Waals surface area contributed by atoms with Crippen molar-refractivity contribution in [3.8, 4) is 5.75 Å². The van der Waals surface area contributed by atoms with Crippen LogP contribution in [0.4, 0.5) is 0 Å². The topological polar surface area (TPSA) is 38.3 Å². The molecular formula is C21H26ClNO2. The van der Waals surface area contributed by atoms with Crippen LogP contribution in [0.25, 0.3) is 0 Å². The largest absolute Gasteiger partial charge is 0.481 e. The Morgan fingerprint density at radius 2 is 1.84 bits per heavy atom. The van der Waals surface area contributed by atoms with Crippen LogP contribution in [-0.4, -0.2) is 12.0 Å². The summed E-state index contributed by atoms with van der Waals surface area (Å²) >= 11 is 5.99. The molecule has 0 aliphatic rings. The second kappa shape index (κ2) is 9.47. The van der Waals surface area contributed by atoms with E-state index in [1.807, 2.05) is 49.4 Å². The lowest BCUT2D eigenvalue weighted by Gasteiger charge is -2.24. The summed E-state index contributed by atoms with van der Waals surface area (Å²) in [5.41, 5.74) is 1.11. The highest BCUT2D eigenvalue weighted by atomic mass is 35.5. The minimum atomic E-state index is -0.545. The van der Waals surface area contributed by atoms with Crippen LogP contribution in [0.3, 0.4) is 0 Å². The number of carbonyl (C=O) groups excluding carboxylic acids is 1. The summed E-state index contributed by atoms with van der Waals surface area (Å²) in [6.45, 7) is 6.25. The molecule has 0 aliphatic heterocycles. The third kappa shape index (κ3) is 6.09. The van der Waals surface area contributed by atoms with Crippen molar-refractivity contribution in [2.24, 2.45) is 5.92 Å². The van der Waals surface area contributed by atoms with Crippen LogP contribution < -0.4 is 10.1 Å². The van der Waals surface area contributed by atoms with Gasteiger partial charge in [-0.2, -0.15) is 0 Å². The van der Waals surface area contributed by atoms with E-state index < -0.39 is 6.10 Å². The maximum atomic E-state index is 12.8. The molecule has 134 valence electrons. The van der Waals surface area contributed by atoms with Crippen LogP contribution in [0.15, 0.2) is 54.6 Å². The molecule has 4 heteroatoms. The first kappa shape index (κ1) is 19.3. The molecule has 2 aromatic rings. The normalized spacial score (nSPS) is 13.3. The first-order valence-electron chi connectivity index (χ1n) is 8.77. The maximum Gasteiger partial charge on any atom is 0.261 e. The molecule has 1 amide bonds. The van der Waals surface area contributed by atoms with E-state index in [2.05, 4.69) is 19.2 Å². The number of benzene rings is 2. The van der Waals surface area contributed by atoms with E-state index in [-0.39, 0.29) is 11.9 Å². The van der Waals surface area contributed by atoms with Crippen molar-refractivity contribution >= 4 is 17.5 Å². The van der Waals surface area contributed by atoms with Crippen molar-refractivity contribution in [2.75, 3.05) is 0 Å². The molecule has 0 bridgehead atoms. The minimum absolute atomic E-state index is 0.0225. The molecule has 0 heterocycles. The molecule has 0 aromatic heterocycles. The fraction of sp³-hybridized carbons (Fsp3) is 0.381. The number of halogens is 1. The number of rotatable bonds is 8. The summed E-state index contributed by atoms with van der Waals surface area (Å²) in [5, 5.41) is 3.75. The summed E-state index contributed by atoms with van der Waals surface area (Å²) in [5.74, 6) is 0.978. The fourth-order valence-electron chi connectivity index (χ4n) is 2.73. The zero-order valence-electron chi connectivity index (χ0n) is 15.0. The minimum Gasteiger partial charge on any atom is -0.481 e. The van der Waals surface area contributed by atoms with Gasteiger partial charge in [-0.3, -0.25) is 4.79 Å². The van der Waals surface area contributed by atoms with Gasteiger partial charge >= 0.3 is 0 Å². The zero-order chi connectivity index (χ0) is 18.2. The van der Waals surface area contributed by atoms with Gasteiger partial charge in [0.1, 0.15) is 5.75 Å². The molecule has 0 unspecified atom stereocenters. The first-order valence-corrected chi connectivity index (χ1v) is 9.15. The molecule has 0 radical (unpaired) electrons. The fourth-order valence-corrected chi connectivity index (χ4v) is 2.91. The zero-order valence-corrected chi connectivity index (χ0v) is 15.8. The van der Waals surface area contributed by atoms with E-state index in [0.717, 1.165) is 12.0 Å². The van der Waals surface area contributed by atoms with Crippen LogP contribution in [0.5, 0.6) is 5.75 Å². The molecule has 2 aromatic carbocycles. The monoisotopic (exact) mass is 359 g/mol. The number of ether oxygens (including phenoxy) is 1. The summed E-state index contributed by atoms with van der Waals surface area (Å²) in [7, 11) is 0. The summed E-state index contributed by atoms with van der Waals surface area (Å²) in [6.07, 6.45) is 0.919. The van der Waals surface area contributed by atoms with Crippen molar-refractivity contribution in [3.63, 3.8) is 0 Å². The summed E-state index contributed by atoms with van der Waals surface area (Å²) in [4.78, 5) is 12.8. The first-order chi connectivity index (χ1) is 12.0. The Morgan fingerprint density at radius 3 is 2.44 bits per heavy atom. The molecule has 0 saturated carbocycles. The second-order valence-electron chi connectivity index (χ2n) is 6.57. The van der Waals surface area contributed by atoms with E-state index in [1.165, 1.54) is 0 Å². The predicted molar refractivity (Wildman–Crippen MR) is 103 cm³/mol.